The van der Waals surface area contributed by atoms with Gasteiger partial charge in [-0.05, 0) is 31.5 Å². The molecule has 1 aromatic carbocycles. The van der Waals surface area contributed by atoms with Crippen LogP contribution in [0.2, 0.25) is 0 Å². The Kier molecular flexibility index (Phi) is 7.86. The largest absolute Gasteiger partial charge is 0.480 e. The third-order valence-corrected chi connectivity index (χ3v) is 4.15. The first-order chi connectivity index (χ1) is 12.5. The van der Waals surface area contributed by atoms with Crippen molar-refractivity contribution in [2.45, 2.75) is 43.9 Å². The molecule has 6 N–H and O–H groups in total. The Morgan fingerprint density at radius 2 is 1.88 bits per heavy atom. The fourth-order valence-corrected chi connectivity index (χ4v) is 2.57. The van der Waals surface area contributed by atoms with E-state index < -0.39 is 24.2 Å². The van der Waals surface area contributed by atoms with Gasteiger partial charge in [0.1, 0.15) is 6.04 Å². The minimum Gasteiger partial charge on any atom is -0.480 e. The second kappa shape index (κ2) is 10.1. The molecule has 0 saturated carbocycles. The topological polar surface area (TPSA) is 142 Å². The highest BCUT2D eigenvalue weighted by molar-refractivity contribution is 5.73. The number of hydrogen-bond donors (Lipinski definition) is 5. The number of fused-ring (bicyclic) bond motifs is 1. The number of nitrogens with zero attached hydrogens (tertiary/aromatic N) is 2. The molecule has 0 spiro atoms. The quantitative estimate of drug-likeness (QED) is 0.279. The molecule has 8 heteroatoms. The van der Waals surface area contributed by atoms with Crippen molar-refractivity contribution in [3.63, 3.8) is 0 Å². The lowest BCUT2D eigenvalue weighted by Crippen LogP contribution is -2.38. The average Bonchev–Trinajstić information content (AvgIpc) is 2.63. The molecule has 0 radical (unpaired) electrons. The molecule has 26 heavy (non-hydrogen) atoms. The number of carboxylic acid groups (broad SMARTS) is 1. The Morgan fingerprint density at radius 3 is 2.62 bits per heavy atom. The summed E-state index contributed by atoms with van der Waals surface area (Å²) in [6.07, 6.45) is 1.81. The molecule has 1 aromatic heterocycles. The van der Waals surface area contributed by atoms with E-state index in [0.717, 1.165) is 17.5 Å². The van der Waals surface area contributed by atoms with Crippen LogP contribution >= 0.6 is 0 Å². The third-order valence-electron chi connectivity index (χ3n) is 4.15. The van der Waals surface area contributed by atoms with Gasteiger partial charge in [-0.25, -0.2) is 4.98 Å². The zero-order chi connectivity index (χ0) is 18.9. The number of aliphatic hydroxyl groups excluding tert-OH is 2. The maximum absolute atomic E-state index is 10.6. The highest BCUT2D eigenvalue weighted by Crippen LogP contribution is 2.10. The molecular formula is C18H26N4O4. The first kappa shape index (κ1) is 20.2. The van der Waals surface area contributed by atoms with E-state index in [1.807, 2.05) is 24.3 Å². The summed E-state index contributed by atoms with van der Waals surface area (Å²) in [6.45, 7) is 0.860. The number of hydrogen-bond acceptors (Lipinski definition) is 7. The van der Waals surface area contributed by atoms with Gasteiger partial charge in [0.25, 0.3) is 0 Å². The van der Waals surface area contributed by atoms with Gasteiger partial charge < -0.3 is 26.4 Å². The fraction of sp³-hybridized carbons (Fsp3) is 0.500. The van der Waals surface area contributed by atoms with Gasteiger partial charge in [0.05, 0.1) is 28.9 Å². The number of nitrogens with one attached hydrogen (secondary N) is 1. The van der Waals surface area contributed by atoms with Crippen LogP contribution < -0.4 is 11.1 Å². The van der Waals surface area contributed by atoms with Gasteiger partial charge in [0, 0.05) is 19.2 Å². The van der Waals surface area contributed by atoms with Crippen LogP contribution in [-0.2, 0) is 11.2 Å². The number of unbranched alkanes of at least 4 members (excludes halogenated alkanes) is 1. The normalized spacial score (nSPS) is 14.9. The third kappa shape index (κ3) is 6.30. The Hall–Kier alpha value is -2.13. The van der Waals surface area contributed by atoms with E-state index in [2.05, 4.69) is 15.3 Å². The van der Waals surface area contributed by atoms with Gasteiger partial charge in [-0.1, -0.05) is 18.6 Å². The van der Waals surface area contributed by atoms with Gasteiger partial charge >= 0.3 is 5.97 Å². The molecule has 0 saturated heterocycles. The molecule has 0 unspecified atom stereocenters. The van der Waals surface area contributed by atoms with Gasteiger partial charge in [0.15, 0.2) is 0 Å². The standard InChI is InChI=1S/C18H26N4O4/c19-13(18(25)26)5-3-4-8-20-11-17(24)16(23)9-12-10-21-14-6-1-2-7-15(14)22-12/h1-2,6-7,10,13,16-17,20,23-24H,3-5,8-9,11,19H2,(H,25,26)/t13-,16+,17+/m0/s1/i11+1. The number of aliphatic carboxylic acids is 1. The number of para-hydroxylation sites is 2. The maximum atomic E-state index is 10.6. The SMILES string of the molecule is N[C@@H](CCCCN[13CH2][C@@H](O)[C@H](O)Cc1cnc2ccccc2n1)C(=O)O. The zero-order valence-corrected chi connectivity index (χ0v) is 14.6. The molecule has 1 heterocycles. The Labute approximate surface area is 152 Å². The lowest BCUT2D eigenvalue weighted by molar-refractivity contribution is -0.138. The van der Waals surface area contributed by atoms with Crippen LogP contribution in [0.15, 0.2) is 30.5 Å². The molecule has 0 amide bonds. The Morgan fingerprint density at radius 1 is 1.15 bits per heavy atom. The van der Waals surface area contributed by atoms with Gasteiger partial charge in [-0.3, -0.25) is 9.78 Å². The van der Waals surface area contributed by atoms with Crippen LogP contribution in [0.25, 0.3) is 11.0 Å². The van der Waals surface area contributed by atoms with Crippen LogP contribution in [0.3, 0.4) is 0 Å². The summed E-state index contributed by atoms with van der Waals surface area (Å²) >= 11 is 0. The van der Waals surface area contributed by atoms with Crippen LogP contribution in [0.1, 0.15) is 25.0 Å². The summed E-state index contributed by atoms with van der Waals surface area (Å²) in [4.78, 5) is 19.3. The summed E-state index contributed by atoms with van der Waals surface area (Å²) in [5.74, 6) is -0.992. The molecule has 0 aliphatic heterocycles. The summed E-state index contributed by atoms with van der Waals surface area (Å²) < 4.78 is 0. The average molecular weight is 363 g/mol. The van der Waals surface area contributed by atoms with E-state index in [-0.39, 0.29) is 13.0 Å². The lowest BCUT2D eigenvalue weighted by atomic mass is 10.1. The van der Waals surface area contributed by atoms with Crippen molar-refractivity contribution in [3.8, 4) is 0 Å². The molecule has 8 nitrogen and oxygen atoms in total. The van der Waals surface area contributed by atoms with E-state index in [4.69, 9.17) is 10.8 Å². The van der Waals surface area contributed by atoms with E-state index in [0.29, 0.717) is 25.1 Å². The number of rotatable bonds is 11. The van der Waals surface area contributed by atoms with E-state index in [1.165, 1.54) is 0 Å². The highest BCUT2D eigenvalue weighted by atomic mass is 16.4. The minimum absolute atomic E-state index is 0.216. The Balaban J connectivity index is 1.68. The molecule has 0 aliphatic carbocycles. The number of carbonyl (C=O) groups is 1. The lowest BCUT2D eigenvalue weighted by Gasteiger charge is -2.18. The molecule has 0 aliphatic rings. The molecule has 142 valence electrons. The zero-order valence-electron chi connectivity index (χ0n) is 14.6. The highest BCUT2D eigenvalue weighted by Gasteiger charge is 2.17. The number of benzene rings is 1. The minimum atomic E-state index is -0.992. The first-order valence-electron chi connectivity index (χ1n) is 8.73. The molecule has 2 aromatic rings. The summed E-state index contributed by atoms with van der Waals surface area (Å²) in [5, 5.41) is 31.9. The van der Waals surface area contributed by atoms with Crippen molar-refractivity contribution in [1.82, 2.24) is 15.3 Å². The first-order valence-corrected chi connectivity index (χ1v) is 8.73. The van der Waals surface area contributed by atoms with E-state index in [9.17, 15) is 15.0 Å². The van der Waals surface area contributed by atoms with Crippen molar-refractivity contribution in [3.05, 3.63) is 36.2 Å². The molecule has 3 atom stereocenters. The van der Waals surface area contributed by atoms with E-state index in [1.54, 1.807) is 6.20 Å². The van der Waals surface area contributed by atoms with Crippen LogP contribution in [-0.4, -0.2) is 62.6 Å². The number of aromatic nitrogens is 2. The predicted octanol–water partition coefficient (Wildman–Crippen LogP) is 0.0659. The monoisotopic (exact) mass is 363 g/mol. The number of nitrogens with two attached hydrogens (primary N) is 1. The second-order valence-electron chi connectivity index (χ2n) is 6.33. The molecule has 2 rings (SSSR count). The Bertz CT molecular complexity index is 712. The van der Waals surface area contributed by atoms with Crippen molar-refractivity contribution in [1.29, 1.82) is 0 Å². The summed E-state index contributed by atoms with van der Waals surface area (Å²) in [7, 11) is 0. The fourth-order valence-electron chi connectivity index (χ4n) is 2.57. The van der Waals surface area contributed by atoms with Crippen molar-refractivity contribution in [2.75, 3.05) is 13.1 Å². The van der Waals surface area contributed by atoms with Gasteiger partial charge in [0.2, 0.25) is 0 Å². The van der Waals surface area contributed by atoms with Gasteiger partial charge in [-0.15, -0.1) is 0 Å². The number of carboxylic acids is 1. The molecule has 0 fully saturated rings. The van der Waals surface area contributed by atoms with Crippen LogP contribution in [0, 0.1) is 0 Å². The van der Waals surface area contributed by atoms with Crippen LogP contribution in [0.4, 0.5) is 0 Å². The van der Waals surface area contributed by atoms with Crippen LogP contribution in [0.5, 0.6) is 0 Å². The predicted molar refractivity (Wildman–Crippen MR) is 97.6 cm³/mol. The maximum Gasteiger partial charge on any atom is 0.320 e. The van der Waals surface area contributed by atoms with E-state index >= 15 is 0 Å². The second-order valence-corrected chi connectivity index (χ2v) is 6.33. The van der Waals surface area contributed by atoms with Crippen molar-refractivity contribution in [2.24, 2.45) is 5.73 Å². The number of aliphatic hydroxyl groups is 2. The van der Waals surface area contributed by atoms with Crippen molar-refractivity contribution >= 4 is 17.0 Å². The van der Waals surface area contributed by atoms with Crippen molar-refractivity contribution < 1.29 is 20.1 Å². The molecule has 0 bridgehead atoms. The molecular weight excluding hydrogens is 337 g/mol. The smallest absolute Gasteiger partial charge is 0.320 e. The van der Waals surface area contributed by atoms with Gasteiger partial charge in [-0.2, -0.15) is 0 Å². The summed E-state index contributed by atoms with van der Waals surface area (Å²) in [6, 6.07) is 6.65. The summed E-state index contributed by atoms with van der Waals surface area (Å²) in [5.41, 5.74) is 7.59.